The van der Waals surface area contributed by atoms with Crippen LogP contribution in [0.15, 0.2) is 24.3 Å². The van der Waals surface area contributed by atoms with Gasteiger partial charge < -0.3 is 19.9 Å². The first-order chi connectivity index (χ1) is 17.4. The second kappa shape index (κ2) is 10.9. The second-order valence-electron chi connectivity index (χ2n) is 12.1. The average molecular weight is 542 g/mol. The van der Waals surface area contributed by atoms with Crippen LogP contribution in [0, 0.1) is 26.2 Å². The van der Waals surface area contributed by atoms with Crippen LogP contribution in [-0.2, 0) is 14.3 Å². The molecule has 2 aromatic rings. The highest BCUT2D eigenvalue weighted by molar-refractivity contribution is 7.12. The normalized spacial score (nSPS) is 16.1. The van der Waals surface area contributed by atoms with E-state index in [2.05, 4.69) is 5.32 Å². The van der Waals surface area contributed by atoms with Crippen LogP contribution < -0.4 is 15.1 Å². The molecule has 1 atom stereocenters. The minimum Gasteiger partial charge on any atom is -0.444 e. The zero-order valence-electron chi connectivity index (χ0n) is 23.9. The van der Waals surface area contributed by atoms with Crippen molar-refractivity contribution in [2.24, 2.45) is 5.41 Å². The minimum atomic E-state index is -1.11. The number of ketones is 1. The van der Waals surface area contributed by atoms with Crippen LogP contribution in [0.2, 0.25) is 0 Å². The average Bonchev–Trinajstić information content (AvgIpc) is 3.05. The Hall–Kier alpha value is -3.20. The molecule has 0 saturated carbocycles. The quantitative estimate of drug-likeness (QED) is 0.500. The Morgan fingerprint density at radius 2 is 1.68 bits per heavy atom. The highest BCUT2D eigenvalue weighted by atomic mass is 32.1. The number of hydrogen-bond donors (Lipinski definition) is 1. The molecule has 3 amide bonds. The first kappa shape index (κ1) is 29.4. The number of nitrogens with zero attached hydrogens (tertiary/aromatic N) is 2. The van der Waals surface area contributed by atoms with Crippen molar-refractivity contribution in [2.45, 2.75) is 80.4 Å². The van der Waals surface area contributed by atoms with Gasteiger partial charge in [-0.1, -0.05) is 26.8 Å². The van der Waals surface area contributed by atoms with E-state index < -0.39 is 23.6 Å². The van der Waals surface area contributed by atoms with Crippen molar-refractivity contribution in [2.75, 3.05) is 22.9 Å². The lowest BCUT2D eigenvalue weighted by atomic mass is 9.91. The van der Waals surface area contributed by atoms with Gasteiger partial charge in [0.25, 0.3) is 5.91 Å². The zero-order valence-corrected chi connectivity index (χ0v) is 24.7. The third kappa shape index (κ3) is 7.22. The van der Waals surface area contributed by atoms with Gasteiger partial charge in [-0.15, -0.1) is 11.3 Å². The standard InChI is InChI=1S/C29H39N3O5S/c1-17-10-11-22-23(12-17)32(16-24(33)20-13-18(2)38-19(20)3)26(35)21(30-27(36)37-29(7,8)9)15-31(22)25(34)14-28(4,5)6/h10-13,21H,14-16H2,1-9H3,(H,30,36). The summed E-state index contributed by atoms with van der Waals surface area (Å²) in [7, 11) is 0. The van der Waals surface area contributed by atoms with Crippen molar-refractivity contribution in [1.29, 1.82) is 0 Å². The van der Waals surface area contributed by atoms with Crippen molar-refractivity contribution < 1.29 is 23.9 Å². The maximum atomic E-state index is 14.0. The summed E-state index contributed by atoms with van der Waals surface area (Å²) in [5.41, 5.74) is 1.36. The van der Waals surface area contributed by atoms with Crippen LogP contribution in [0.5, 0.6) is 0 Å². The predicted octanol–water partition coefficient (Wildman–Crippen LogP) is 5.57. The molecule has 0 spiro atoms. The minimum absolute atomic E-state index is 0.0790. The van der Waals surface area contributed by atoms with E-state index in [1.165, 1.54) is 16.2 Å². The first-order valence-electron chi connectivity index (χ1n) is 12.8. The summed E-state index contributed by atoms with van der Waals surface area (Å²) in [5, 5.41) is 2.67. The van der Waals surface area contributed by atoms with Gasteiger partial charge in [0.05, 0.1) is 24.5 Å². The van der Waals surface area contributed by atoms with Crippen LogP contribution in [0.3, 0.4) is 0 Å². The highest BCUT2D eigenvalue weighted by Crippen LogP contribution is 2.36. The highest BCUT2D eigenvalue weighted by Gasteiger charge is 2.39. The number of fused-ring (bicyclic) bond motifs is 1. The van der Waals surface area contributed by atoms with E-state index in [4.69, 9.17) is 4.74 Å². The van der Waals surface area contributed by atoms with Crippen molar-refractivity contribution in [3.8, 4) is 0 Å². The fourth-order valence-electron chi connectivity index (χ4n) is 4.39. The van der Waals surface area contributed by atoms with Gasteiger partial charge in [0.1, 0.15) is 11.6 Å². The van der Waals surface area contributed by atoms with E-state index >= 15 is 0 Å². The summed E-state index contributed by atoms with van der Waals surface area (Å²) in [6, 6.07) is 6.19. The SMILES string of the molecule is Cc1ccc2c(c1)N(CC(=O)c1cc(C)sc1C)C(=O)C(NC(=O)OC(C)(C)C)CN2C(=O)CC(C)(C)C. The molecule has 206 valence electrons. The molecule has 1 N–H and O–H groups in total. The number of Topliss-reactive ketones (excluding diaryl/α,β-unsaturated/α-hetero) is 1. The van der Waals surface area contributed by atoms with E-state index in [0.717, 1.165) is 15.3 Å². The van der Waals surface area contributed by atoms with Gasteiger partial charge in [0.15, 0.2) is 5.78 Å². The molecule has 0 fully saturated rings. The summed E-state index contributed by atoms with van der Waals surface area (Å²) >= 11 is 1.53. The number of benzene rings is 1. The van der Waals surface area contributed by atoms with Crippen LogP contribution in [0.4, 0.5) is 16.2 Å². The number of amides is 3. The molecule has 0 saturated heterocycles. The summed E-state index contributed by atoms with van der Waals surface area (Å²) in [6.45, 7) is 16.5. The molecule has 1 unspecified atom stereocenters. The topological polar surface area (TPSA) is 96.0 Å². The van der Waals surface area contributed by atoms with Crippen molar-refractivity contribution in [3.05, 3.63) is 45.1 Å². The number of anilines is 2. The summed E-state index contributed by atoms with van der Waals surface area (Å²) in [4.78, 5) is 58.6. The molecule has 1 aliphatic heterocycles. The number of rotatable bonds is 5. The summed E-state index contributed by atoms with van der Waals surface area (Å²) in [6.07, 6.45) is -0.531. The lowest BCUT2D eigenvalue weighted by Crippen LogP contribution is -2.54. The number of alkyl carbamates (subject to hydrolysis) is 1. The maximum absolute atomic E-state index is 14.0. The van der Waals surface area contributed by atoms with Crippen molar-refractivity contribution in [3.63, 3.8) is 0 Å². The number of carbonyl (C=O) groups is 4. The fourth-order valence-corrected chi connectivity index (χ4v) is 5.33. The van der Waals surface area contributed by atoms with Crippen LogP contribution >= 0.6 is 11.3 Å². The molecule has 0 aliphatic carbocycles. The Bertz CT molecular complexity index is 1250. The number of nitrogens with one attached hydrogen (secondary N) is 1. The monoisotopic (exact) mass is 541 g/mol. The van der Waals surface area contributed by atoms with Gasteiger partial charge in [-0.05, 0) is 70.7 Å². The number of hydrogen-bond acceptors (Lipinski definition) is 6. The van der Waals surface area contributed by atoms with Crippen LogP contribution in [-0.4, -0.2) is 48.4 Å². The van der Waals surface area contributed by atoms with Gasteiger partial charge in [0.2, 0.25) is 5.91 Å². The van der Waals surface area contributed by atoms with E-state index in [1.54, 1.807) is 37.8 Å². The second-order valence-corrected chi connectivity index (χ2v) is 13.6. The summed E-state index contributed by atoms with van der Waals surface area (Å²) < 4.78 is 5.42. The smallest absolute Gasteiger partial charge is 0.408 e. The Balaban J connectivity index is 2.09. The van der Waals surface area contributed by atoms with Crippen LogP contribution in [0.25, 0.3) is 0 Å². The molecule has 1 aromatic heterocycles. The van der Waals surface area contributed by atoms with Crippen molar-refractivity contribution >= 4 is 46.4 Å². The van der Waals surface area contributed by atoms with E-state index in [-0.39, 0.29) is 36.6 Å². The fraction of sp³-hybridized carbons (Fsp3) is 0.517. The Labute approximate surface area is 229 Å². The van der Waals surface area contributed by atoms with E-state index in [9.17, 15) is 19.2 Å². The lowest BCUT2D eigenvalue weighted by molar-refractivity contribution is -0.121. The first-order valence-corrected chi connectivity index (χ1v) is 13.6. The number of aryl methyl sites for hydroxylation is 3. The number of carbonyl (C=O) groups excluding carboxylic acids is 4. The van der Waals surface area contributed by atoms with Gasteiger partial charge in [-0.2, -0.15) is 0 Å². The number of ether oxygens (including phenoxy) is 1. The molecule has 1 aromatic carbocycles. The summed E-state index contributed by atoms with van der Waals surface area (Å²) in [5.74, 6) is -0.867. The van der Waals surface area contributed by atoms with Gasteiger partial charge >= 0.3 is 6.09 Å². The van der Waals surface area contributed by atoms with Gasteiger partial charge in [-0.25, -0.2) is 4.79 Å². The molecule has 1 aliphatic rings. The van der Waals surface area contributed by atoms with E-state index in [0.29, 0.717) is 16.9 Å². The van der Waals surface area contributed by atoms with Gasteiger partial charge in [0, 0.05) is 21.7 Å². The molecular formula is C29H39N3O5S. The third-order valence-corrected chi connectivity index (χ3v) is 6.92. The largest absolute Gasteiger partial charge is 0.444 e. The van der Waals surface area contributed by atoms with Gasteiger partial charge in [-0.3, -0.25) is 14.4 Å². The third-order valence-electron chi connectivity index (χ3n) is 5.96. The molecule has 38 heavy (non-hydrogen) atoms. The molecule has 2 heterocycles. The Morgan fingerprint density at radius 1 is 1.03 bits per heavy atom. The maximum Gasteiger partial charge on any atom is 0.408 e. The molecule has 8 nitrogen and oxygen atoms in total. The molecule has 0 bridgehead atoms. The molecule has 0 radical (unpaired) electrons. The van der Waals surface area contributed by atoms with Crippen molar-refractivity contribution in [1.82, 2.24) is 5.32 Å². The zero-order chi connectivity index (χ0) is 28.6. The predicted molar refractivity (Wildman–Crippen MR) is 151 cm³/mol. The Morgan fingerprint density at radius 3 is 2.24 bits per heavy atom. The Kier molecular flexibility index (Phi) is 8.41. The van der Waals surface area contributed by atoms with Crippen LogP contribution in [0.1, 0.15) is 73.6 Å². The number of thiophene rings is 1. The molecule has 3 rings (SSSR count). The lowest BCUT2D eigenvalue weighted by Gasteiger charge is -2.28. The molecule has 9 heteroatoms. The molecular weight excluding hydrogens is 502 g/mol. The van der Waals surface area contributed by atoms with E-state index in [1.807, 2.05) is 53.7 Å².